The highest BCUT2D eigenvalue weighted by Crippen LogP contribution is 2.24. The van der Waals surface area contributed by atoms with E-state index in [9.17, 15) is 14.4 Å². The van der Waals surface area contributed by atoms with E-state index in [-0.39, 0.29) is 34.4 Å². The summed E-state index contributed by atoms with van der Waals surface area (Å²) < 4.78 is 0. The number of primary amides is 1. The smallest absolute Gasteiger partial charge is 0.339 e. The van der Waals surface area contributed by atoms with E-state index in [1.165, 1.54) is 23.9 Å². The minimum absolute atomic E-state index is 0.0541. The molecule has 0 saturated heterocycles. The summed E-state index contributed by atoms with van der Waals surface area (Å²) in [6.07, 6.45) is 0.142. The van der Waals surface area contributed by atoms with Gasteiger partial charge < -0.3 is 16.2 Å². The topological polar surface area (TPSA) is 109 Å². The predicted octanol–water partition coefficient (Wildman–Crippen LogP) is 1.59. The fourth-order valence-electron chi connectivity index (χ4n) is 1.40. The third-order valence-electron chi connectivity index (χ3n) is 2.22. The van der Waals surface area contributed by atoms with Crippen LogP contribution in [0.3, 0.4) is 0 Å². The summed E-state index contributed by atoms with van der Waals surface area (Å²) in [7, 11) is 0. The highest BCUT2D eigenvalue weighted by molar-refractivity contribution is 7.99. The molecule has 20 heavy (non-hydrogen) atoms. The van der Waals surface area contributed by atoms with Crippen LogP contribution >= 0.6 is 23.4 Å². The maximum absolute atomic E-state index is 11.7. The Kier molecular flexibility index (Phi) is 6.33. The van der Waals surface area contributed by atoms with Gasteiger partial charge in [-0.1, -0.05) is 17.7 Å². The lowest BCUT2D eigenvalue weighted by atomic mass is 10.1. The van der Waals surface area contributed by atoms with Gasteiger partial charge in [0, 0.05) is 12.2 Å². The van der Waals surface area contributed by atoms with Crippen molar-refractivity contribution in [3.05, 3.63) is 28.8 Å². The lowest BCUT2D eigenvalue weighted by molar-refractivity contribution is -0.116. The molecule has 0 saturated carbocycles. The van der Waals surface area contributed by atoms with Gasteiger partial charge in [-0.25, -0.2) is 4.79 Å². The van der Waals surface area contributed by atoms with Gasteiger partial charge in [-0.3, -0.25) is 9.59 Å². The molecular formula is C12H13ClN2O4S. The van der Waals surface area contributed by atoms with E-state index in [0.29, 0.717) is 5.75 Å². The van der Waals surface area contributed by atoms with Crippen LogP contribution in [0.5, 0.6) is 0 Å². The molecule has 0 radical (unpaired) electrons. The van der Waals surface area contributed by atoms with Crippen molar-refractivity contribution < 1.29 is 19.5 Å². The maximum atomic E-state index is 11.7. The zero-order valence-electron chi connectivity index (χ0n) is 10.4. The molecular weight excluding hydrogens is 304 g/mol. The number of carbonyl (C=O) groups excluding carboxylic acids is 2. The first-order valence-corrected chi connectivity index (χ1v) is 7.12. The van der Waals surface area contributed by atoms with Crippen molar-refractivity contribution >= 4 is 46.8 Å². The van der Waals surface area contributed by atoms with Crippen molar-refractivity contribution in [2.24, 2.45) is 5.73 Å². The first-order valence-electron chi connectivity index (χ1n) is 5.59. The summed E-state index contributed by atoms with van der Waals surface area (Å²) in [4.78, 5) is 33.2. The third kappa shape index (κ3) is 5.10. The van der Waals surface area contributed by atoms with E-state index in [4.69, 9.17) is 22.4 Å². The Balaban J connectivity index is 2.60. The number of nitrogens with one attached hydrogen (secondary N) is 1. The number of rotatable bonds is 7. The number of nitrogens with two attached hydrogens (primary N) is 1. The molecule has 0 heterocycles. The van der Waals surface area contributed by atoms with Gasteiger partial charge in [0.1, 0.15) is 5.56 Å². The van der Waals surface area contributed by atoms with Gasteiger partial charge in [-0.2, -0.15) is 11.8 Å². The Morgan fingerprint density at radius 1 is 1.35 bits per heavy atom. The summed E-state index contributed by atoms with van der Waals surface area (Å²) in [5.74, 6) is -1.46. The Morgan fingerprint density at radius 3 is 2.65 bits per heavy atom. The number of hydrogen-bond acceptors (Lipinski definition) is 4. The lowest BCUT2D eigenvalue weighted by Gasteiger charge is -2.09. The molecule has 2 amide bonds. The number of thioether (sulfide) groups is 1. The molecule has 0 atom stereocenters. The number of aromatic carboxylic acids is 1. The van der Waals surface area contributed by atoms with Gasteiger partial charge in [0.25, 0.3) is 0 Å². The van der Waals surface area contributed by atoms with Gasteiger partial charge in [-0.05, 0) is 12.1 Å². The molecule has 108 valence electrons. The van der Waals surface area contributed by atoms with Crippen molar-refractivity contribution in [2.75, 3.05) is 16.8 Å². The summed E-state index contributed by atoms with van der Waals surface area (Å²) in [6, 6.07) is 4.44. The number of hydrogen-bond donors (Lipinski definition) is 3. The number of halogens is 1. The first-order chi connectivity index (χ1) is 9.41. The molecule has 0 fully saturated rings. The molecule has 4 N–H and O–H groups in total. The van der Waals surface area contributed by atoms with Crippen molar-refractivity contribution in [1.82, 2.24) is 0 Å². The van der Waals surface area contributed by atoms with Crippen LogP contribution in [0, 0.1) is 0 Å². The normalized spacial score (nSPS) is 10.1. The lowest BCUT2D eigenvalue weighted by Crippen LogP contribution is -2.17. The number of anilines is 1. The molecule has 0 aliphatic carbocycles. The summed E-state index contributed by atoms with van der Waals surface area (Å²) in [5.41, 5.74) is 4.96. The van der Waals surface area contributed by atoms with E-state index in [0.717, 1.165) is 0 Å². The monoisotopic (exact) mass is 316 g/mol. The van der Waals surface area contributed by atoms with E-state index in [1.807, 2.05) is 0 Å². The van der Waals surface area contributed by atoms with E-state index in [2.05, 4.69) is 5.32 Å². The van der Waals surface area contributed by atoms with Crippen LogP contribution in [-0.4, -0.2) is 34.4 Å². The molecule has 0 aliphatic heterocycles. The number of amides is 2. The summed E-state index contributed by atoms with van der Waals surface area (Å²) >= 11 is 7.02. The largest absolute Gasteiger partial charge is 0.478 e. The molecule has 1 aromatic rings. The fourth-order valence-corrected chi connectivity index (χ4v) is 2.33. The average molecular weight is 317 g/mol. The molecule has 0 aromatic heterocycles. The quantitative estimate of drug-likeness (QED) is 0.662. The molecule has 8 heteroatoms. The number of carbonyl (C=O) groups is 3. The van der Waals surface area contributed by atoms with Crippen LogP contribution in [0.1, 0.15) is 16.8 Å². The zero-order chi connectivity index (χ0) is 15.1. The first kappa shape index (κ1) is 16.3. The van der Waals surface area contributed by atoms with Gasteiger partial charge in [0.2, 0.25) is 11.8 Å². The SMILES string of the molecule is NC(=O)CSCCC(=O)Nc1cccc(Cl)c1C(=O)O. The minimum atomic E-state index is -1.21. The highest BCUT2D eigenvalue weighted by Gasteiger charge is 2.15. The third-order valence-corrected chi connectivity index (χ3v) is 3.52. The summed E-state index contributed by atoms with van der Waals surface area (Å²) in [5, 5.41) is 11.6. The molecule has 0 bridgehead atoms. The highest BCUT2D eigenvalue weighted by atomic mass is 35.5. The molecule has 1 aromatic carbocycles. The Hall–Kier alpha value is -1.73. The van der Waals surface area contributed by atoms with Crippen LogP contribution in [0.15, 0.2) is 18.2 Å². The fraction of sp³-hybridized carbons (Fsp3) is 0.250. The Labute approximate surface area is 124 Å². The number of carboxylic acid groups (broad SMARTS) is 1. The predicted molar refractivity (Wildman–Crippen MR) is 78.2 cm³/mol. The van der Waals surface area contributed by atoms with Crippen LogP contribution < -0.4 is 11.1 Å². The van der Waals surface area contributed by atoms with Gasteiger partial charge in [-0.15, -0.1) is 0 Å². The molecule has 6 nitrogen and oxygen atoms in total. The second-order valence-electron chi connectivity index (χ2n) is 3.78. The minimum Gasteiger partial charge on any atom is -0.478 e. The van der Waals surface area contributed by atoms with E-state index < -0.39 is 11.9 Å². The van der Waals surface area contributed by atoms with E-state index >= 15 is 0 Å². The average Bonchev–Trinajstić information content (AvgIpc) is 2.34. The molecule has 0 spiro atoms. The van der Waals surface area contributed by atoms with Crippen molar-refractivity contribution in [3.63, 3.8) is 0 Å². The van der Waals surface area contributed by atoms with Crippen molar-refractivity contribution in [3.8, 4) is 0 Å². The summed E-state index contributed by atoms with van der Waals surface area (Å²) in [6.45, 7) is 0. The zero-order valence-corrected chi connectivity index (χ0v) is 12.0. The molecule has 1 rings (SSSR count). The molecule has 0 aliphatic rings. The van der Waals surface area contributed by atoms with Gasteiger partial charge in [0.05, 0.1) is 16.5 Å². The second kappa shape index (κ2) is 7.76. The second-order valence-corrected chi connectivity index (χ2v) is 5.30. The van der Waals surface area contributed by atoms with E-state index in [1.54, 1.807) is 6.07 Å². The standard InChI is InChI=1S/C12H13ClN2O4S/c13-7-2-1-3-8(11(7)12(18)19)15-10(17)4-5-20-6-9(14)16/h1-3H,4-6H2,(H2,14,16)(H,15,17)(H,18,19). The van der Waals surface area contributed by atoms with Crippen LogP contribution in [-0.2, 0) is 9.59 Å². The van der Waals surface area contributed by atoms with Crippen LogP contribution in [0.25, 0.3) is 0 Å². The van der Waals surface area contributed by atoms with Crippen molar-refractivity contribution in [1.29, 1.82) is 0 Å². The Bertz CT molecular complexity index is 536. The number of benzene rings is 1. The van der Waals surface area contributed by atoms with Gasteiger partial charge >= 0.3 is 5.97 Å². The number of carboxylic acids is 1. The van der Waals surface area contributed by atoms with Crippen LogP contribution in [0.2, 0.25) is 5.02 Å². The maximum Gasteiger partial charge on any atom is 0.339 e. The molecule has 0 unspecified atom stereocenters. The van der Waals surface area contributed by atoms with Crippen LogP contribution in [0.4, 0.5) is 5.69 Å². The van der Waals surface area contributed by atoms with Gasteiger partial charge in [0.15, 0.2) is 0 Å². The Morgan fingerprint density at radius 2 is 2.05 bits per heavy atom. The van der Waals surface area contributed by atoms with Crippen molar-refractivity contribution in [2.45, 2.75) is 6.42 Å².